The van der Waals surface area contributed by atoms with E-state index in [-0.39, 0.29) is 12.0 Å². The number of esters is 1. The second-order valence-electron chi connectivity index (χ2n) is 1.80. The van der Waals surface area contributed by atoms with Crippen LogP contribution in [0.5, 0.6) is 0 Å². The Bertz CT molecular complexity index is 116. The van der Waals surface area contributed by atoms with Crippen molar-refractivity contribution in [3.05, 3.63) is 0 Å². The van der Waals surface area contributed by atoms with E-state index >= 15 is 0 Å². The van der Waals surface area contributed by atoms with Gasteiger partial charge in [0, 0.05) is 6.42 Å². The van der Waals surface area contributed by atoms with E-state index in [1.807, 2.05) is 6.79 Å². The Kier molecular flexibility index (Phi) is 4.49. The van der Waals surface area contributed by atoms with Gasteiger partial charge in [-0.25, -0.2) is 0 Å². The van der Waals surface area contributed by atoms with Crippen LogP contribution in [0.25, 0.3) is 0 Å². The maximum atomic E-state index is 10.5. The third-order valence-electron chi connectivity index (χ3n) is 1.28. The van der Waals surface area contributed by atoms with Gasteiger partial charge in [-0.15, -0.1) is 0 Å². The zero-order chi connectivity index (χ0) is 7.98. The molecule has 1 rings (SSSR count). The smallest absolute Gasteiger partial charge is 0.323 e. The minimum atomic E-state index is -0.118. The maximum Gasteiger partial charge on any atom is 0.323 e. The molecule has 1 saturated heterocycles. The van der Waals surface area contributed by atoms with E-state index in [9.17, 15) is 4.79 Å². The predicted octanol–water partition coefficient (Wildman–Crippen LogP) is -0.664. The molecule has 1 N–H and O–H groups in total. The molecule has 1 atom stereocenters. The van der Waals surface area contributed by atoms with Crippen LogP contribution in [-0.4, -0.2) is 32.5 Å². The average molecular weight is 145 g/mol. The first-order valence-corrected chi connectivity index (χ1v) is 2.97. The van der Waals surface area contributed by atoms with E-state index in [0.717, 1.165) is 6.42 Å². The van der Waals surface area contributed by atoms with Crippen LogP contribution >= 0.6 is 0 Å². The molecular formula is C6H11NO3. The third-order valence-corrected chi connectivity index (χ3v) is 1.28. The summed E-state index contributed by atoms with van der Waals surface area (Å²) in [5.41, 5.74) is 0. The number of cyclic esters (lactones) is 1. The zero-order valence-electron chi connectivity index (χ0n) is 5.92. The van der Waals surface area contributed by atoms with Crippen LogP contribution in [0, 0.1) is 0 Å². The van der Waals surface area contributed by atoms with Crippen molar-refractivity contribution in [2.75, 3.05) is 13.7 Å². The summed E-state index contributed by atoms with van der Waals surface area (Å²) in [6.07, 6.45) is 0.815. The van der Waals surface area contributed by atoms with E-state index in [2.05, 4.69) is 10.1 Å². The molecule has 0 radical (unpaired) electrons. The van der Waals surface area contributed by atoms with E-state index in [4.69, 9.17) is 4.79 Å². The van der Waals surface area contributed by atoms with Crippen LogP contribution in [0.2, 0.25) is 0 Å². The molecule has 0 amide bonds. The monoisotopic (exact) mass is 145 g/mol. The maximum absolute atomic E-state index is 10.5. The molecule has 0 spiro atoms. The molecule has 1 fully saturated rings. The van der Waals surface area contributed by atoms with Gasteiger partial charge in [-0.2, -0.15) is 0 Å². The van der Waals surface area contributed by atoms with Gasteiger partial charge >= 0.3 is 5.97 Å². The first-order valence-electron chi connectivity index (χ1n) is 2.97. The highest BCUT2D eigenvalue weighted by molar-refractivity contribution is 5.77. The zero-order valence-corrected chi connectivity index (χ0v) is 5.92. The van der Waals surface area contributed by atoms with E-state index in [0.29, 0.717) is 6.61 Å². The van der Waals surface area contributed by atoms with Crippen molar-refractivity contribution in [3.8, 4) is 0 Å². The van der Waals surface area contributed by atoms with Gasteiger partial charge in [-0.05, 0) is 7.05 Å². The number of nitrogens with one attached hydrogen (secondary N) is 1. The molecule has 0 saturated carbocycles. The summed E-state index contributed by atoms with van der Waals surface area (Å²) in [6.45, 7) is 2.57. The lowest BCUT2D eigenvalue weighted by atomic mass is 10.3. The first kappa shape index (κ1) is 9.10. The summed E-state index contributed by atoms with van der Waals surface area (Å²) in [5.74, 6) is -0.118. The summed E-state index contributed by atoms with van der Waals surface area (Å²) in [6, 6.07) is -0.0463. The molecule has 4 heteroatoms. The lowest BCUT2D eigenvalue weighted by Crippen LogP contribution is -2.29. The van der Waals surface area contributed by atoms with Gasteiger partial charge in [-0.1, -0.05) is 0 Å². The van der Waals surface area contributed by atoms with Gasteiger partial charge in [0.1, 0.15) is 12.8 Å². The number of likely N-dealkylation sites (N-methyl/N-ethyl adjacent to an activating group) is 1. The van der Waals surface area contributed by atoms with Crippen LogP contribution in [-0.2, 0) is 14.3 Å². The number of hydrogen-bond donors (Lipinski definition) is 1. The molecule has 58 valence electrons. The molecule has 0 aromatic carbocycles. The van der Waals surface area contributed by atoms with E-state index in [1.54, 1.807) is 7.05 Å². The van der Waals surface area contributed by atoms with Crippen LogP contribution in [0.3, 0.4) is 0 Å². The van der Waals surface area contributed by atoms with Crippen LogP contribution < -0.4 is 5.32 Å². The largest absolute Gasteiger partial charge is 0.464 e. The lowest BCUT2D eigenvalue weighted by molar-refractivity contribution is -0.139. The molecule has 1 unspecified atom stereocenters. The van der Waals surface area contributed by atoms with Crippen molar-refractivity contribution >= 4 is 12.8 Å². The Morgan fingerprint density at radius 2 is 2.30 bits per heavy atom. The highest BCUT2D eigenvalue weighted by atomic mass is 16.5. The SMILES string of the molecule is C=O.CNC1CCOC1=O. The Morgan fingerprint density at radius 3 is 2.50 bits per heavy atom. The number of ether oxygens (including phenoxy) is 1. The number of rotatable bonds is 1. The van der Waals surface area contributed by atoms with Crippen molar-refractivity contribution in [3.63, 3.8) is 0 Å². The van der Waals surface area contributed by atoms with Crippen molar-refractivity contribution in [1.29, 1.82) is 0 Å². The lowest BCUT2D eigenvalue weighted by Gasteiger charge is -1.98. The van der Waals surface area contributed by atoms with Gasteiger partial charge in [0.05, 0.1) is 6.61 Å². The molecule has 0 aliphatic carbocycles. The van der Waals surface area contributed by atoms with Crippen LogP contribution in [0.1, 0.15) is 6.42 Å². The Balaban J connectivity index is 0.000000371. The Morgan fingerprint density at radius 1 is 1.70 bits per heavy atom. The summed E-state index contributed by atoms with van der Waals surface area (Å²) in [5, 5.41) is 2.84. The van der Waals surface area contributed by atoms with E-state index < -0.39 is 0 Å². The normalized spacial score (nSPS) is 22.9. The van der Waals surface area contributed by atoms with Crippen LogP contribution in [0.15, 0.2) is 0 Å². The highest BCUT2D eigenvalue weighted by Gasteiger charge is 2.23. The molecule has 1 aliphatic heterocycles. The average Bonchev–Trinajstić information content (AvgIpc) is 2.39. The van der Waals surface area contributed by atoms with Gasteiger partial charge in [0.25, 0.3) is 0 Å². The Labute approximate surface area is 59.6 Å². The fourth-order valence-electron chi connectivity index (χ4n) is 0.758. The molecule has 1 heterocycles. The van der Waals surface area contributed by atoms with Crippen molar-refractivity contribution < 1.29 is 14.3 Å². The molecule has 1 aliphatic rings. The van der Waals surface area contributed by atoms with Crippen molar-refractivity contribution in [2.45, 2.75) is 12.5 Å². The number of carbonyl (C=O) groups excluding carboxylic acids is 2. The minimum absolute atomic E-state index is 0.0463. The van der Waals surface area contributed by atoms with Gasteiger partial charge in [0.15, 0.2) is 0 Å². The quantitative estimate of drug-likeness (QED) is 0.497. The van der Waals surface area contributed by atoms with Crippen molar-refractivity contribution in [1.82, 2.24) is 5.32 Å². The molecule has 0 bridgehead atoms. The highest BCUT2D eigenvalue weighted by Crippen LogP contribution is 2.03. The summed E-state index contributed by atoms with van der Waals surface area (Å²) < 4.78 is 4.65. The standard InChI is InChI=1S/C5H9NO2.CH2O/c1-6-4-2-3-8-5(4)7;1-2/h4,6H,2-3H2,1H3;1H2. The number of hydrogen-bond acceptors (Lipinski definition) is 4. The third kappa shape index (κ3) is 2.14. The predicted molar refractivity (Wildman–Crippen MR) is 35.5 cm³/mol. The summed E-state index contributed by atoms with van der Waals surface area (Å²) in [4.78, 5) is 18.5. The van der Waals surface area contributed by atoms with Crippen LogP contribution in [0.4, 0.5) is 0 Å². The molecular weight excluding hydrogens is 134 g/mol. The fourth-order valence-corrected chi connectivity index (χ4v) is 0.758. The fraction of sp³-hybridized carbons (Fsp3) is 0.667. The van der Waals surface area contributed by atoms with Crippen molar-refractivity contribution in [2.24, 2.45) is 0 Å². The second kappa shape index (κ2) is 4.93. The second-order valence-corrected chi connectivity index (χ2v) is 1.80. The minimum Gasteiger partial charge on any atom is -0.464 e. The Hall–Kier alpha value is -0.900. The topological polar surface area (TPSA) is 55.4 Å². The molecule has 10 heavy (non-hydrogen) atoms. The van der Waals surface area contributed by atoms with Gasteiger partial charge in [-0.3, -0.25) is 4.79 Å². The summed E-state index contributed by atoms with van der Waals surface area (Å²) >= 11 is 0. The van der Waals surface area contributed by atoms with Gasteiger partial charge < -0.3 is 14.8 Å². The molecule has 0 aromatic heterocycles. The first-order chi connectivity index (χ1) is 4.84. The number of carbonyl (C=O) groups is 2. The molecule has 0 aromatic rings. The van der Waals surface area contributed by atoms with Gasteiger partial charge in [0.2, 0.25) is 0 Å². The molecule has 4 nitrogen and oxygen atoms in total. The summed E-state index contributed by atoms with van der Waals surface area (Å²) in [7, 11) is 1.76. The van der Waals surface area contributed by atoms with E-state index in [1.165, 1.54) is 0 Å².